The van der Waals surface area contributed by atoms with Gasteiger partial charge in [0.15, 0.2) is 0 Å². The predicted octanol–water partition coefficient (Wildman–Crippen LogP) is 7.33. The molecule has 4 N–H and O–H groups in total. The van der Waals surface area contributed by atoms with E-state index in [9.17, 15) is 19.2 Å². The lowest BCUT2D eigenvalue weighted by atomic mass is 9.89. The second kappa shape index (κ2) is 22.8. The molecule has 0 bridgehead atoms. The Labute approximate surface area is 393 Å². The average molecular weight is 942 g/mol. The molecule has 17 heteroatoms. The van der Waals surface area contributed by atoms with Gasteiger partial charge < -0.3 is 30.2 Å². The molecule has 0 spiro atoms. The van der Waals surface area contributed by atoms with E-state index in [4.69, 9.17) is 23.2 Å². The van der Waals surface area contributed by atoms with Gasteiger partial charge >= 0.3 is 0 Å². The largest absolute Gasteiger partial charge is 0.369 e. The minimum absolute atomic E-state index is 0.165. The zero-order valence-corrected chi connectivity index (χ0v) is 42.0. The van der Waals surface area contributed by atoms with Gasteiger partial charge in [-0.15, -0.1) is 11.8 Å². The van der Waals surface area contributed by atoms with E-state index in [1.807, 2.05) is 32.2 Å². The highest BCUT2D eigenvalue weighted by Gasteiger charge is 2.30. The molecule has 0 radical (unpaired) electrons. The van der Waals surface area contributed by atoms with Gasteiger partial charge in [0, 0.05) is 90.1 Å². The van der Waals surface area contributed by atoms with Crippen LogP contribution in [0.5, 0.6) is 0 Å². The van der Waals surface area contributed by atoms with Gasteiger partial charge in [-0.2, -0.15) is 0 Å². The minimum Gasteiger partial charge on any atom is -0.369 e. The van der Waals surface area contributed by atoms with E-state index in [0.29, 0.717) is 56.5 Å². The molecule has 0 aliphatic heterocycles. The number of aromatic nitrogens is 4. The number of aryl methyl sites for hydroxylation is 2. The van der Waals surface area contributed by atoms with Crippen LogP contribution >= 0.6 is 35.0 Å². The van der Waals surface area contributed by atoms with Crippen molar-refractivity contribution in [3.63, 3.8) is 0 Å². The second-order valence-electron chi connectivity index (χ2n) is 17.7. The van der Waals surface area contributed by atoms with Crippen molar-refractivity contribution in [2.75, 3.05) is 57.3 Å². The van der Waals surface area contributed by atoms with Crippen molar-refractivity contribution < 1.29 is 9.59 Å². The fourth-order valence-corrected chi connectivity index (χ4v) is 10.8. The number of thioether (sulfide) groups is 1. The summed E-state index contributed by atoms with van der Waals surface area (Å²) in [4.78, 5) is 59.6. The molecule has 14 nitrogen and oxygen atoms in total. The summed E-state index contributed by atoms with van der Waals surface area (Å²) in [7, 11) is 12.1. The topological polar surface area (TPSA) is 147 Å². The standard InChI is InChI=1S/C24H36ClN5O2S.C23H34ClN5O2/c1-7-30(18-10-8-17(9-11-18)28(3)4)21-13-16(25)12-19(15(21)2)22(31)26-14-20-23(32)27-29(5)24(20)33-6;1-6-29(19-9-7-18(8-10-19)27(3)4)21-12-17(24)11-20(15(21)2)23(31)25-13-16-14-28(5)26-22(16)30/h12-13,17-18H,7-11,14H2,1-6H3,(H,26,31)(H,27,32);11-12,14,18-19H,6-10,13H2,1-5H3,(H,25,31)(H,26,30). The Bertz CT molecular complexity index is 2340. The number of H-pyrrole nitrogens is 2. The summed E-state index contributed by atoms with van der Waals surface area (Å²) in [6, 6.07) is 9.52. The number of carbonyl (C=O) groups excluding carboxylic acids is 2. The lowest BCUT2D eigenvalue weighted by molar-refractivity contribution is 0.0942. The number of nitrogens with zero attached hydrogens (tertiary/aromatic N) is 6. The lowest BCUT2D eigenvalue weighted by Crippen LogP contribution is -2.42. The molecule has 4 aromatic rings. The maximum absolute atomic E-state index is 13.1. The third-order valence-electron chi connectivity index (χ3n) is 13.2. The van der Waals surface area contributed by atoms with Crippen LogP contribution in [0.2, 0.25) is 10.0 Å². The number of nitrogens with one attached hydrogen (secondary N) is 4. The van der Waals surface area contributed by atoms with E-state index >= 15 is 0 Å². The monoisotopic (exact) mass is 940 g/mol. The van der Waals surface area contributed by atoms with Gasteiger partial charge in [-0.25, -0.2) is 0 Å². The first-order valence-electron chi connectivity index (χ1n) is 22.5. The number of hydrogen-bond donors (Lipinski definition) is 4. The number of rotatable bonds is 15. The number of hydrogen-bond acceptors (Lipinski definition) is 9. The van der Waals surface area contributed by atoms with Crippen LogP contribution in [0.15, 0.2) is 45.1 Å². The molecular formula is C47H70Cl2N10O4S. The normalized spacial score (nSPS) is 18.7. The molecule has 6 rings (SSSR count). The Balaban J connectivity index is 0.000000241. The number of anilines is 2. The molecule has 2 saturated carbocycles. The molecule has 352 valence electrons. The zero-order valence-electron chi connectivity index (χ0n) is 39.7. The fourth-order valence-electron chi connectivity index (χ4n) is 9.62. The first-order valence-corrected chi connectivity index (χ1v) is 24.5. The van der Waals surface area contributed by atoms with Crippen molar-refractivity contribution in [2.45, 2.75) is 121 Å². The average Bonchev–Trinajstić information content (AvgIpc) is 3.74. The van der Waals surface area contributed by atoms with Crippen LogP contribution in [-0.4, -0.2) is 113 Å². The van der Waals surface area contributed by atoms with E-state index in [1.54, 1.807) is 41.8 Å². The first-order chi connectivity index (χ1) is 30.4. The molecule has 0 unspecified atom stereocenters. The Morgan fingerprint density at radius 2 is 1.11 bits per heavy atom. The van der Waals surface area contributed by atoms with Gasteiger partial charge in [0.1, 0.15) is 5.03 Å². The summed E-state index contributed by atoms with van der Waals surface area (Å²) in [5.41, 5.74) is 5.67. The number of amides is 2. The highest BCUT2D eigenvalue weighted by Crippen LogP contribution is 2.36. The first kappa shape index (κ1) is 50.8. The highest BCUT2D eigenvalue weighted by molar-refractivity contribution is 7.98. The van der Waals surface area contributed by atoms with Gasteiger partial charge in [-0.1, -0.05) is 23.2 Å². The maximum atomic E-state index is 13.1. The number of halogens is 2. The van der Waals surface area contributed by atoms with Crippen LogP contribution in [-0.2, 0) is 27.2 Å². The van der Waals surface area contributed by atoms with Crippen molar-refractivity contribution >= 4 is 58.2 Å². The van der Waals surface area contributed by atoms with Crippen LogP contribution < -0.4 is 31.6 Å². The number of carbonyl (C=O) groups is 2. The molecule has 2 aromatic heterocycles. The van der Waals surface area contributed by atoms with Crippen molar-refractivity contribution in [2.24, 2.45) is 14.1 Å². The summed E-state index contributed by atoms with van der Waals surface area (Å²) in [5.74, 6) is -0.448. The molecule has 64 heavy (non-hydrogen) atoms. The van der Waals surface area contributed by atoms with Crippen molar-refractivity contribution in [3.8, 4) is 0 Å². The summed E-state index contributed by atoms with van der Waals surface area (Å²) in [6.45, 7) is 10.3. The lowest BCUT2D eigenvalue weighted by Gasteiger charge is -2.40. The summed E-state index contributed by atoms with van der Waals surface area (Å²) in [6.07, 6.45) is 12.8. The van der Waals surface area contributed by atoms with Crippen LogP contribution in [0.4, 0.5) is 11.4 Å². The Hall–Kier alpha value is -4.15. The molecule has 2 aromatic carbocycles. The summed E-state index contributed by atoms with van der Waals surface area (Å²) < 4.78 is 3.26. The van der Waals surface area contributed by atoms with Crippen molar-refractivity contribution in [3.05, 3.63) is 94.6 Å². The van der Waals surface area contributed by atoms with Gasteiger partial charge in [-0.05, 0) is 149 Å². The van der Waals surface area contributed by atoms with E-state index in [-0.39, 0.29) is 36.0 Å². The zero-order chi connectivity index (χ0) is 47.0. The van der Waals surface area contributed by atoms with Crippen LogP contribution in [0.25, 0.3) is 0 Å². The molecule has 2 fully saturated rings. The second-order valence-corrected chi connectivity index (χ2v) is 19.3. The van der Waals surface area contributed by atoms with Crippen LogP contribution in [0.1, 0.15) is 108 Å². The molecule has 2 amide bonds. The van der Waals surface area contributed by atoms with E-state index < -0.39 is 0 Å². The van der Waals surface area contributed by atoms with Crippen molar-refractivity contribution in [1.29, 1.82) is 0 Å². The SMILES string of the molecule is CCN(c1cc(Cl)cc(C(=O)NCc2c(SC)n(C)[nH]c2=O)c1C)C1CCC(N(C)C)CC1.CCN(c1cc(Cl)cc(C(=O)NCc2cn(C)[nH]c2=O)c1C)C1CCC(N(C)C)CC1. The predicted molar refractivity (Wildman–Crippen MR) is 264 cm³/mol. The van der Waals surface area contributed by atoms with Crippen LogP contribution in [0.3, 0.4) is 0 Å². The fraction of sp³-hybridized carbons (Fsp3) is 0.574. The highest BCUT2D eigenvalue weighted by atomic mass is 35.5. The van der Waals surface area contributed by atoms with Gasteiger partial charge in [-0.3, -0.25) is 38.7 Å². The minimum atomic E-state index is -0.225. The number of benzene rings is 2. The van der Waals surface area contributed by atoms with Gasteiger partial charge in [0.05, 0.1) is 24.2 Å². The molecule has 2 aliphatic carbocycles. The maximum Gasteiger partial charge on any atom is 0.270 e. The van der Waals surface area contributed by atoms with Gasteiger partial charge in [0.2, 0.25) is 0 Å². The molecule has 0 atom stereocenters. The Morgan fingerprint density at radius 1 is 0.688 bits per heavy atom. The smallest absolute Gasteiger partial charge is 0.270 e. The van der Waals surface area contributed by atoms with E-state index in [2.05, 4.69) is 82.5 Å². The molecule has 0 saturated heterocycles. The third-order valence-corrected chi connectivity index (χ3v) is 14.6. The molecule has 2 heterocycles. The Kier molecular flexibility index (Phi) is 18.1. The van der Waals surface area contributed by atoms with Gasteiger partial charge in [0.25, 0.3) is 22.9 Å². The Morgan fingerprint density at radius 3 is 1.48 bits per heavy atom. The summed E-state index contributed by atoms with van der Waals surface area (Å²) >= 11 is 14.4. The molecular weight excluding hydrogens is 872 g/mol. The van der Waals surface area contributed by atoms with Crippen LogP contribution in [0, 0.1) is 13.8 Å². The third kappa shape index (κ3) is 12.2. The van der Waals surface area contributed by atoms with E-state index in [0.717, 1.165) is 66.3 Å². The number of aromatic amines is 2. The molecule has 2 aliphatic rings. The van der Waals surface area contributed by atoms with Crippen molar-refractivity contribution in [1.82, 2.24) is 40.0 Å². The quantitative estimate of drug-likeness (QED) is 0.0901. The van der Waals surface area contributed by atoms with E-state index in [1.165, 1.54) is 37.4 Å². The summed E-state index contributed by atoms with van der Waals surface area (Å²) in [5, 5.41) is 13.1.